The van der Waals surface area contributed by atoms with Gasteiger partial charge in [-0.25, -0.2) is 0 Å². The first-order valence-electron chi connectivity index (χ1n) is 9.32. The Balaban J connectivity index is 1.70. The minimum Gasteiger partial charge on any atom is -0.493 e. The Bertz CT molecular complexity index is 851. The molecule has 0 fully saturated rings. The molecule has 0 aromatic heterocycles. The van der Waals surface area contributed by atoms with Gasteiger partial charge in [0.15, 0.2) is 11.5 Å². The van der Waals surface area contributed by atoms with E-state index in [1.54, 1.807) is 24.0 Å². The van der Waals surface area contributed by atoms with Crippen molar-refractivity contribution >= 4 is 11.8 Å². The summed E-state index contributed by atoms with van der Waals surface area (Å²) in [6, 6.07) is 13.6. The molecule has 28 heavy (non-hydrogen) atoms. The van der Waals surface area contributed by atoms with Crippen LogP contribution < -0.4 is 9.47 Å². The van der Waals surface area contributed by atoms with Crippen molar-refractivity contribution in [3.63, 3.8) is 0 Å². The Hall–Kier alpha value is -3.02. The molecule has 0 unspecified atom stereocenters. The number of methoxy groups -OCH3 is 2. The molecular weight excluding hydrogens is 356 g/mol. The molecule has 2 amide bonds. The highest BCUT2D eigenvalue weighted by atomic mass is 16.5. The van der Waals surface area contributed by atoms with E-state index in [1.807, 2.05) is 42.5 Å². The molecule has 0 spiro atoms. The summed E-state index contributed by atoms with van der Waals surface area (Å²) < 4.78 is 10.7. The number of hydrogen-bond acceptors (Lipinski definition) is 4. The van der Waals surface area contributed by atoms with Crippen LogP contribution in [0.4, 0.5) is 0 Å². The molecular formula is C22H26N2O4. The third-order valence-corrected chi connectivity index (χ3v) is 5.06. The molecule has 2 aromatic carbocycles. The maximum atomic E-state index is 12.9. The third-order valence-electron chi connectivity index (χ3n) is 5.06. The van der Waals surface area contributed by atoms with E-state index < -0.39 is 0 Å². The second-order valence-corrected chi connectivity index (χ2v) is 6.90. The number of fused-ring (bicyclic) bond motifs is 1. The van der Waals surface area contributed by atoms with Gasteiger partial charge in [0.1, 0.15) is 6.54 Å². The van der Waals surface area contributed by atoms with E-state index in [9.17, 15) is 9.59 Å². The minimum absolute atomic E-state index is 0.0495. The van der Waals surface area contributed by atoms with Crippen LogP contribution in [-0.4, -0.2) is 48.9 Å². The van der Waals surface area contributed by atoms with Crippen molar-refractivity contribution in [1.29, 1.82) is 0 Å². The van der Waals surface area contributed by atoms with E-state index in [2.05, 4.69) is 0 Å². The molecule has 2 aromatic rings. The number of ether oxygens (including phenoxy) is 2. The zero-order valence-corrected chi connectivity index (χ0v) is 16.6. The van der Waals surface area contributed by atoms with Gasteiger partial charge in [0.2, 0.25) is 11.8 Å². The van der Waals surface area contributed by atoms with Gasteiger partial charge in [-0.15, -0.1) is 0 Å². The number of carbonyl (C=O) groups is 2. The zero-order chi connectivity index (χ0) is 20.1. The van der Waals surface area contributed by atoms with Crippen LogP contribution >= 0.6 is 0 Å². The Labute approximate surface area is 165 Å². The molecule has 0 N–H and O–H groups in total. The first-order valence-corrected chi connectivity index (χ1v) is 9.32. The molecule has 0 atom stereocenters. The molecule has 6 nitrogen and oxygen atoms in total. The maximum absolute atomic E-state index is 12.9. The highest BCUT2D eigenvalue weighted by Crippen LogP contribution is 2.33. The summed E-state index contributed by atoms with van der Waals surface area (Å²) in [5, 5.41) is 0. The molecule has 0 aliphatic carbocycles. The average Bonchev–Trinajstić information content (AvgIpc) is 2.72. The summed E-state index contributed by atoms with van der Waals surface area (Å²) in [6.45, 7) is 3.13. The van der Waals surface area contributed by atoms with Crippen molar-refractivity contribution in [3.05, 3.63) is 59.2 Å². The molecule has 1 aliphatic heterocycles. The third kappa shape index (κ3) is 4.44. The van der Waals surface area contributed by atoms with Crippen LogP contribution in [0.25, 0.3) is 0 Å². The smallest absolute Gasteiger partial charge is 0.242 e. The van der Waals surface area contributed by atoms with Crippen molar-refractivity contribution in [2.75, 3.05) is 27.3 Å². The fraction of sp³-hybridized carbons (Fsp3) is 0.364. The number of carbonyl (C=O) groups excluding carboxylic acids is 2. The molecule has 6 heteroatoms. The predicted molar refractivity (Wildman–Crippen MR) is 106 cm³/mol. The highest BCUT2D eigenvalue weighted by Gasteiger charge is 2.25. The number of hydrogen-bond donors (Lipinski definition) is 0. The monoisotopic (exact) mass is 382 g/mol. The molecule has 1 heterocycles. The van der Waals surface area contributed by atoms with Crippen LogP contribution in [0.2, 0.25) is 0 Å². The van der Waals surface area contributed by atoms with E-state index >= 15 is 0 Å². The van der Waals surface area contributed by atoms with Crippen LogP contribution in [0.3, 0.4) is 0 Å². The average molecular weight is 382 g/mol. The van der Waals surface area contributed by atoms with Crippen LogP contribution in [0.5, 0.6) is 11.5 Å². The van der Waals surface area contributed by atoms with Crippen LogP contribution in [0, 0.1) is 0 Å². The Morgan fingerprint density at radius 1 is 1.04 bits per heavy atom. The molecule has 0 saturated carbocycles. The lowest BCUT2D eigenvalue weighted by molar-refractivity contribution is -0.140. The van der Waals surface area contributed by atoms with E-state index in [0.717, 1.165) is 23.1 Å². The quantitative estimate of drug-likeness (QED) is 0.771. The Morgan fingerprint density at radius 3 is 2.29 bits per heavy atom. The van der Waals surface area contributed by atoms with Crippen molar-refractivity contribution in [2.24, 2.45) is 0 Å². The van der Waals surface area contributed by atoms with Gasteiger partial charge in [0.25, 0.3) is 0 Å². The summed E-state index contributed by atoms with van der Waals surface area (Å²) in [6.07, 6.45) is 0.750. The second kappa shape index (κ2) is 8.78. The minimum atomic E-state index is -0.110. The van der Waals surface area contributed by atoms with E-state index in [1.165, 1.54) is 6.92 Å². The first kappa shape index (κ1) is 19.7. The lowest BCUT2D eigenvalue weighted by Gasteiger charge is -2.31. The van der Waals surface area contributed by atoms with Crippen LogP contribution in [0.15, 0.2) is 42.5 Å². The number of rotatable bonds is 6. The number of amides is 2. The topological polar surface area (TPSA) is 59.1 Å². The van der Waals surface area contributed by atoms with Gasteiger partial charge in [-0.2, -0.15) is 0 Å². The highest BCUT2D eigenvalue weighted by molar-refractivity contribution is 5.84. The van der Waals surface area contributed by atoms with Gasteiger partial charge in [-0.1, -0.05) is 30.3 Å². The van der Waals surface area contributed by atoms with Gasteiger partial charge >= 0.3 is 0 Å². The standard InChI is InChI=1S/C22H26N2O4/c1-16(25)24(13-17-7-5-4-6-8-17)15-22(26)23-10-9-18-11-20(27-2)21(28-3)12-19(18)14-23/h4-8,11-12H,9-10,13-15H2,1-3H3. The predicted octanol–water partition coefficient (Wildman–Crippen LogP) is 2.64. The molecule has 148 valence electrons. The lowest BCUT2D eigenvalue weighted by Crippen LogP contribution is -2.43. The van der Waals surface area contributed by atoms with Crippen molar-refractivity contribution in [3.8, 4) is 11.5 Å². The van der Waals surface area contributed by atoms with E-state index in [0.29, 0.717) is 31.1 Å². The molecule has 0 saturated heterocycles. The summed E-state index contributed by atoms with van der Waals surface area (Å²) in [4.78, 5) is 28.3. The van der Waals surface area contributed by atoms with Crippen molar-refractivity contribution in [2.45, 2.75) is 26.4 Å². The van der Waals surface area contributed by atoms with Crippen LogP contribution in [0.1, 0.15) is 23.6 Å². The fourth-order valence-corrected chi connectivity index (χ4v) is 3.44. The normalized spacial score (nSPS) is 12.9. The van der Waals surface area contributed by atoms with Gasteiger partial charge in [0, 0.05) is 26.6 Å². The second-order valence-electron chi connectivity index (χ2n) is 6.90. The van der Waals surface area contributed by atoms with E-state index in [4.69, 9.17) is 9.47 Å². The van der Waals surface area contributed by atoms with Crippen LogP contribution in [-0.2, 0) is 29.1 Å². The van der Waals surface area contributed by atoms with E-state index in [-0.39, 0.29) is 18.4 Å². The summed E-state index contributed by atoms with van der Waals surface area (Å²) in [7, 11) is 3.22. The summed E-state index contributed by atoms with van der Waals surface area (Å²) in [5.74, 6) is 1.20. The largest absolute Gasteiger partial charge is 0.493 e. The number of benzene rings is 2. The molecule has 0 radical (unpaired) electrons. The Morgan fingerprint density at radius 2 is 1.68 bits per heavy atom. The summed E-state index contributed by atoms with van der Waals surface area (Å²) >= 11 is 0. The molecule has 0 bridgehead atoms. The zero-order valence-electron chi connectivity index (χ0n) is 16.6. The van der Waals surface area contributed by atoms with Crippen molar-refractivity contribution in [1.82, 2.24) is 9.80 Å². The Kier molecular flexibility index (Phi) is 6.19. The van der Waals surface area contributed by atoms with Gasteiger partial charge in [0.05, 0.1) is 14.2 Å². The fourth-order valence-electron chi connectivity index (χ4n) is 3.44. The molecule has 1 aliphatic rings. The summed E-state index contributed by atoms with van der Waals surface area (Å²) in [5.41, 5.74) is 3.22. The maximum Gasteiger partial charge on any atom is 0.242 e. The van der Waals surface area contributed by atoms with Gasteiger partial charge in [-0.3, -0.25) is 9.59 Å². The lowest BCUT2D eigenvalue weighted by atomic mass is 9.98. The number of nitrogens with zero attached hydrogens (tertiary/aromatic N) is 2. The SMILES string of the molecule is COc1cc2c(cc1OC)CN(C(=O)CN(Cc1ccccc1)C(C)=O)CC2. The van der Waals surface area contributed by atoms with Gasteiger partial charge in [-0.05, 0) is 35.2 Å². The van der Waals surface area contributed by atoms with Gasteiger partial charge < -0.3 is 19.3 Å². The first-order chi connectivity index (χ1) is 13.5. The van der Waals surface area contributed by atoms with Crippen molar-refractivity contribution < 1.29 is 19.1 Å². The molecule has 3 rings (SSSR count).